The minimum absolute atomic E-state index is 0.0129. The smallest absolute Gasteiger partial charge is 0.226 e. The van der Waals surface area contributed by atoms with E-state index in [9.17, 15) is 13.2 Å². The van der Waals surface area contributed by atoms with Crippen LogP contribution in [0.15, 0.2) is 22.6 Å². The highest BCUT2D eigenvalue weighted by Crippen LogP contribution is 2.62. The van der Waals surface area contributed by atoms with Crippen molar-refractivity contribution in [3.8, 4) is 0 Å². The molecule has 6 nitrogen and oxygen atoms in total. The predicted octanol–water partition coefficient (Wildman–Crippen LogP) is 3.84. The van der Waals surface area contributed by atoms with E-state index in [1.807, 2.05) is 25.1 Å². The Hall–Kier alpha value is -1.60. The first-order valence-electron chi connectivity index (χ1n) is 10.2. The predicted molar refractivity (Wildman–Crippen MR) is 111 cm³/mol. The standard InChI is InChI=1S/C21H25ClN2O4S/c1-20(4-6-29(26,27)7-5-20)19(25)23-15-11-21(12-15)9-13(10-21)18-24-16-8-14(22)2-3-17(16)28-18/h2-3,8,13,15H,4-7,9-12H2,1H3,(H,23,25). The van der Waals surface area contributed by atoms with E-state index < -0.39 is 15.3 Å². The van der Waals surface area contributed by atoms with Gasteiger partial charge >= 0.3 is 0 Å². The van der Waals surface area contributed by atoms with Crippen molar-refractivity contribution in [3.63, 3.8) is 0 Å². The van der Waals surface area contributed by atoms with E-state index in [0.29, 0.717) is 23.8 Å². The van der Waals surface area contributed by atoms with E-state index >= 15 is 0 Å². The van der Waals surface area contributed by atoms with Crippen LogP contribution in [-0.4, -0.2) is 36.9 Å². The molecule has 1 saturated heterocycles. The lowest BCUT2D eigenvalue weighted by Gasteiger charge is -2.57. The average Bonchev–Trinajstić information content (AvgIpc) is 3.01. The number of nitrogens with one attached hydrogen (secondary N) is 1. The normalized spacial score (nSPS) is 32.5. The molecule has 1 aromatic carbocycles. The lowest BCUT2D eigenvalue weighted by Crippen LogP contribution is -2.58. The van der Waals surface area contributed by atoms with Gasteiger partial charge in [-0.3, -0.25) is 4.79 Å². The zero-order valence-corrected chi connectivity index (χ0v) is 18.0. The molecule has 1 spiro atoms. The number of sulfone groups is 1. The molecule has 1 aliphatic heterocycles. The molecule has 5 rings (SSSR count). The summed E-state index contributed by atoms with van der Waals surface area (Å²) >= 11 is 6.02. The van der Waals surface area contributed by atoms with Gasteiger partial charge in [0.15, 0.2) is 11.5 Å². The van der Waals surface area contributed by atoms with Crippen LogP contribution in [0.1, 0.15) is 57.3 Å². The van der Waals surface area contributed by atoms with Gasteiger partial charge in [0, 0.05) is 22.4 Å². The van der Waals surface area contributed by atoms with Crippen LogP contribution in [0.2, 0.25) is 5.02 Å². The van der Waals surface area contributed by atoms with Crippen LogP contribution in [0.25, 0.3) is 11.1 Å². The number of amides is 1. The largest absolute Gasteiger partial charge is 0.440 e. The van der Waals surface area contributed by atoms with Gasteiger partial charge in [-0.05, 0) is 62.1 Å². The Morgan fingerprint density at radius 1 is 1.21 bits per heavy atom. The Kier molecular flexibility index (Phi) is 4.31. The molecule has 29 heavy (non-hydrogen) atoms. The zero-order valence-electron chi connectivity index (χ0n) is 16.4. The van der Waals surface area contributed by atoms with Gasteiger partial charge in [0.1, 0.15) is 15.4 Å². The first-order chi connectivity index (χ1) is 13.7. The number of hydrogen-bond acceptors (Lipinski definition) is 5. The summed E-state index contributed by atoms with van der Waals surface area (Å²) in [5, 5.41) is 3.83. The third kappa shape index (κ3) is 3.46. The zero-order chi connectivity index (χ0) is 20.4. The molecule has 2 heterocycles. The highest BCUT2D eigenvalue weighted by Gasteiger charge is 2.55. The van der Waals surface area contributed by atoms with Crippen LogP contribution in [0.5, 0.6) is 0 Å². The Morgan fingerprint density at radius 3 is 2.59 bits per heavy atom. The molecule has 1 aromatic heterocycles. The van der Waals surface area contributed by atoms with E-state index in [-0.39, 0.29) is 28.9 Å². The van der Waals surface area contributed by atoms with Crippen molar-refractivity contribution in [2.24, 2.45) is 10.8 Å². The van der Waals surface area contributed by atoms with Crippen molar-refractivity contribution in [2.45, 2.75) is 57.4 Å². The van der Waals surface area contributed by atoms with Crippen LogP contribution in [0.4, 0.5) is 0 Å². The topological polar surface area (TPSA) is 89.3 Å². The second-order valence-corrected chi connectivity index (χ2v) is 12.3. The Balaban J connectivity index is 1.14. The SMILES string of the molecule is CC1(C(=O)NC2CC3(C2)CC(c2nc4cc(Cl)ccc4o2)C3)CCS(=O)(=O)CC1. The Bertz CT molecular complexity index is 1070. The maximum Gasteiger partial charge on any atom is 0.226 e. The van der Waals surface area contributed by atoms with Gasteiger partial charge < -0.3 is 9.73 Å². The van der Waals surface area contributed by atoms with Gasteiger partial charge in [0.25, 0.3) is 0 Å². The van der Waals surface area contributed by atoms with Crippen LogP contribution in [0.3, 0.4) is 0 Å². The van der Waals surface area contributed by atoms with Crippen molar-refractivity contribution >= 4 is 38.4 Å². The molecule has 1 N–H and O–H groups in total. The molecule has 2 aromatic rings. The monoisotopic (exact) mass is 436 g/mol. The quantitative estimate of drug-likeness (QED) is 0.789. The highest BCUT2D eigenvalue weighted by molar-refractivity contribution is 7.91. The van der Waals surface area contributed by atoms with Gasteiger partial charge in [-0.25, -0.2) is 13.4 Å². The minimum atomic E-state index is -2.97. The van der Waals surface area contributed by atoms with Crippen LogP contribution in [0, 0.1) is 10.8 Å². The second-order valence-electron chi connectivity index (χ2n) is 9.56. The second kappa shape index (κ2) is 6.45. The number of hydrogen-bond donors (Lipinski definition) is 1. The first kappa shape index (κ1) is 19.4. The summed E-state index contributed by atoms with van der Waals surface area (Å²) in [7, 11) is -2.97. The molecule has 1 amide bonds. The molecule has 0 unspecified atom stereocenters. The minimum Gasteiger partial charge on any atom is -0.440 e. The number of oxazole rings is 1. The number of halogens is 1. The summed E-state index contributed by atoms with van der Waals surface area (Å²) < 4.78 is 29.2. The number of nitrogens with zero attached hydrogens (tertiary/aromatic N) is 1. The van der Waals surface area contributed by atoms with Crippen molar-refractivity contribution in [1.82, 2.24) is 10.3 Å². The molecular weight excluding hydrogens is 412 g/mol. The van der Waals surface area contributed by atoms with Crippen molar-refractivity contribution in [2.75, 3.05) is 11.5 Å². The highest BCUT2D eigenvalue weighted by atomic mass is 35.5. The summed E-state index contributed by atoms with van der Waals surface area (Å²) in [5.74, 6) is 1.36. The number of benzene rings is 1. The van der Waals surface area contributed by atoms with E-state index in [0.717, 1.165) is 42.7 Å². The van der Waals surface area contributed by atoms with Gasteiger partial charge in [0.05, 0.1) is 11.5 Å². The summed E-state index contributed by atoms with van der Waals surface area (Å²) in [6, 6.07) is 5.68. The summed E-state index contributed by atoms with van der Waals surface area (Å²) in [6.45, 7) is 1.89. The molecular formula is C21H25ClN2O4S. The molecule has 3 fully saturated rings. The average molecular weight is 437 g/mol. The van der Waals surface area contributed by atoms with Crippen LogP contribution < -0.4 is 5.32 Å². The van der Waals surface area contributed by atoms with Crippen LogP contribution in [-0.2, 0) is 14.6 Å². The summed E-state index contributed by atoms with van der Waals surface area (Å²) in [4.78, 5) is 17.3. The number of carbonyl (C=O) groups is 1. The maximum absolute atomic E-state index is 12.7. The van der Waals surface area contributed by atoms with Gasteiger partial charge in [-0.2, -0.15) is 0 Å². The Labute approximate surface area is 175 Å². The fourth-order valence-electron chi connectivity index (χ4n) is 5.25. The lowest BCUT2D eigenvalue weighted by atomic mass is 9.50. The van der Waals surface area contributed by atoms with Crippen molar-refractivity contribution < 1.29 is 17.6 Å². The summed E-state index contributed by atoms with van der Waals surface area (Å²) in [6.07, 6.45) is 4.88. The third-order valence-electron chi connectivity index (χ3n) is 7.25. The van der Waals surface area contributed by atoms with Gasteiger partial charge in [-0.1, -0.05) is 18.5 Å². The maximum atomic E-state index is 12.7. The lowest BCUT2D eigenvalue weighted by molar-refractivity contribution is -0.134. The molecule has 8 heteroatoms. The van der Waals surface area contributed by atoms with Crippen LogP contribution >= 0.6 is 11.6 Å². The number of aromatic nitrogens is 1. The first-order valence-corrected chi connectivity index (χ1v) is 12.4. The van der Waals surface area contributed by atoms with Crippen molar-refractivity contribution in [3.05, 3.63) is 29.1 Å². The fraction of sp³-hybridized carbons (Fsp3) is 0.619. The van der Waals surface area contributed by atoms with E-state index in [4.69, 9.17) is 16.0 Å². The molecule has 0 atom stereocenters. The Morgan fingerprint density at radius 2 is 1.90 bits per heavy atom. The van der Waals surface area contributed by atoms with Crippen molar-refractivity contribution in [1.29, 1.82) is 0 Å². The molecule has 0 bridgehead atoms. The molecule has 0 radical (unpaired) electrons. The number of rotatable bonds is 3. The number of carbonyl (C=O) groups excluding carboxylic acids is 1. The number of fused-ring (bicyclic) bond motifs is 1. The molecule has 2 saturated carbocycles. The fourth-order valence-corrected chi connectivity index (χ4v) is 7.14. The van der Waals surface area contributed by atoms with E-state index in [2.05, 4.69) is 10.3 Å². The molecule has 2 aliphatic carbocycles. The van der Waals surface area contributed by atoms with Gasteiger partial charge in [-0.15, -0.1) is 0 Å². The summed E-state index contributed by atoms with van der Waals surface area (Å²) in [5.41, 5.74) is 1.30. The van der Waals surface area contributed by atoms with E-state index in [1.165, 1.54) is 0 Å². The van der Waals surface area contributed by atoms with E-state index in [1.54, 1.807) is 0 Å². The van der Waals surface area contributed by atoms with Gasteiger partial charge in [0.2, 0.25) is 5.91 Å². The molecule has 3 aliphatic rings. The molecule has 156 valence electrons. The third-order valence-corrected chi connectivity index (χ3v) is 9.13.